The summed E-state index contributed by atoms with van der Waals surface area (Å²) in [6.45, 7) is 2.80. The van der Waals surface area contributed by atoms with Crippen molar-refractivity contribution in [3.8, 4) is 5.75 Å². The van der Waals surface area contributed by atoms with E-state index < -0.39 is 0 Å². The molecule has 0 unspecified atom stereocenters. The third-order valence-corrected chi connectivity index (χ3v) is 5.64. The summed E-state index contributed by atoms with van der Waals surface area (Å²) in [4.78, 5) is 22.1. The van der Waals surface area contributed by atoms with Crippen LogP contribution in [0.1, 0.15) is 28.8 Å². The predicted molar refractivity (Wildman–Crippen MR) is 119 cm³/mol. The molecule has 1 amide bonds. The standard InChI is InChI=1S/C25H27N3O2/c1-30-24-11-9-22(10-12-24)28(25(29)21-7-3-2-4-8-21)23-13-16-27(17-14-23)19-20-6-5-15-26-18-20/h2-12,15,18,23H,13-14,16-17,19H2,1H3. The normalized spacial score (nSPS) is 15.0. The van der Waals surface area contributed by atoms with Crippen LogP contribution in [-0.2, 0) is 6.54 Å². The molecule has 1 fully saturated rings. The molecule has 0 radical (unpaired) electrons. The van der Waals surface area contributed by atoms with Gasteiger partial charge in [0.1, 0.15) is 5.75 Å². The fraction of sp³-hybridized carbons (Fsp3) is 0.280. The van der Waals surface area contributed by atoms with Crippen LogP contribution in [-0.4, -0.2) is 42.0 Å². The van der Waals surface area contributed by atoms with Crippen LogP contribution < -0.4 is 9.64 Å². The first kappa shape index (κ1) is 20.1. The van der Waals surface area contributed by atoms with Gasteiger partial charge in [-0.15, -0.1) is 0 Å². The van der Waals surface area contributed by atoms with Gasteiger partial charge in [0, 0.05) is 49.3 Å². The first-order chi connectivity index (χ1) is 14.7. The number of hydrogen-bond acceptors (Lipinski definition) is 4. The molecule has 154 valence electrons. The van der Waals surface area contributed by atoms with Crippen LogP contribution >= 0.6 is 0 Å². The number of aromatic nitrogens is 1. The van der Waals surface area contributed by atoms with Crippen LogP contribution in [0.25, 0.3) is 0 Å². The number of amides is 1. The van der Waals surface area contributed by atoms with E-state index in [1.54, 1.807) is 13.3 Å². The Morgan fingerprint density at radius 3 is 2.40 bits per heavy atom. The van der Waals surface area contributed by atoms with E-state index >= 15 is 0 Å². The Balaban J connectivity index is 1.52. The highest BCUT2D eigenvalue weighted by Gasteiger charge is 2.30. The van der Waals surface area contributed by atoms with Gasteiger partial charge in [-0.25, -0.2) is 0 Å². The summed E-state index contributed by atoms with van der Waals surface area (Å²) in [5.41, 5.74) is 2.85. The van der Waals surface area contributed by atoms with Crippen molar-refractivity contribution >= 4 is 11.6 Å². The lowest BCUT2D eigenvalue weighted by atomic mass is 10.00. The van der Waals surface area contributed by atoms with Gasteiger partial charge in [0.05, 0.1) is 7.11 Å². The number of carbonyl (C=O) groups is 1. The van der Waals surface area contributed by atoms with Crippen molar-refractivity contribution in [2.24, 2.45) is 0 Å². The zero-order chi connectivity index (χ0) is 20.8. The number of rotatable bonds is 6. The molecule has 1 aromatic heterocycles. The van der Waals surface area contributed by atoms with Gasteiger partial charge in [-0.2, -0.15) is 0 Å². The Bertz CT molecular complexity index is 937. The number of nitrogens with zero attached hydrogens (tertiary/aromatic N) is 3. The van der Waals surface area contributed by atoms with Gasteiger partial charge in [0.2, 0.25) is 0 Å². The molecule has 1 aliphatic heterocycles. The smallest absolute Gasteiger partial charge is 0.258 e. The van der Waals surface area contributed by atoms with Crippen molar-refractivity contribution in [1.29, 1.82) is 0 Å². The fourth-order valence-electron chi connectivity index (χ4n) is 4.04. The monoisotopic (exact) mass is 401 g/mol. The van der Waals surface area contributed by atoms with Crippen LogP contribution in [0.4, 0.5) is 5.69 Å². The van der Waals surface area contributed by atoms with E-state index in [2.05, 4.69) is 16.0 Å². The van der Waals surface area contributed by atoms with Gasteiger partial charge in [0.15, 0.2) is 0 Å². The van der Waals surface area contributed by atoms with Crippen molar-refractivity contribution in [3.05, 3.63) is 90.3 Å². The van der Waals surface area contributed by atoms with E-state index in [9.17, 15) is 4.79 Å². The van der Waals surface area contributed by atoms with Gasteiger partial charge < -0.3 is 9.64 Å². The minimum Gasteiger partial charge on any atom is -0.497 e. The first-order valence-electron chi connectivity index (χ1n) is 10.4. The van der Waals surface area contributed by atoms with Crippen LogP contribution in [0.15, 0.2) is 79.1 Å². The Kier molecular flexibility index (Phi) is 6.40. The SMILES string of the molecule is COc1ccc(N(C(=O)c2ccccc2)C2CCN(Cc3cccnc3)CC2)cc1. The zero-order valence-electron chi connectivity index (χ0n) is 17.3. The number of piperidine rings is 1. The minimum atomic E-state index is 0.0477. The van der Waals surface area contributed by atoms with E-state index in [0.29, 0.717) is 5.56 Å². The molecule has 2 aromatic carbocycles. The number of pyridine rings is 1. The first-order valence-corrected chi connectivity index (χ1v) is 10.4. The summed E-state index contributed by atoms with van der Waals surface area (Å²) in [5, 5.41) is 0. The summed E-state index contributed by atoms with van der Waals surface area (Å²) in [6, 6.07) is 21.6. The second-order valence-corrected chi connectivity index (χ2v) is 7.61. The Morgan fingerprint density at radius 2 is 1.77 bits per heavy atom. The van der Waals surface area contributed by atoms with Gasteiger partial charge in [-0.05, 0) is 60.9 Å². The van der Waals surface area contributed by atoms with Crippen LogP contribution in [0.5, 0.6) is 5.75 Å². The van der Waals surface area contributed by atoms with E-state index in [4.69, 9.17) is 4.74 Å². The van der Waals surface area contributed by atoms with Crippen molar-refractivity contribution in [2.75, 3.05) is 25.1 Å². The number of carbonyl (C=O) groups excluding carboxylic acids is 1. The third-order valence-electron chi connectivity index (χ3n) is 5.64. The number of hydrogen-bond donors (Lipinski definition) is 0. The summed E-state index contributed by atoms with van der Waals surface area (Å²) < 4.78 is 5.29. The highest BCUT2D eigenvalue weighted by molar-refractivity contribution is 6.06. The zero-order valence-corrected chi connectivity index (χ0v) is 17.3. The van der Waals surface area contributed by atoms with Crippen molar-refractivity contribution in [2.45, 2.75) is 25.4 Å². The molecule has 0 aliphatic carbocycles. The van der Waals surface area contributed by atoms with Gasteiger partial charge >= 0.3 is 0 Å². The molecule has 5 nitrogen and oxygen atoms in total. The predicted octanol–water partition coefficient (Wildman–Crippen LogP) is 4.40. The average molecular weight is 402 g/mol. The van der Waals surface area contributed by atoms with Gasteiger partial charge in [-0.1, -0.05) is 24.3 Å². The van der Waals surface area contributed by atoms with E-state index in [0.717, 1.165) is 43.9 Å². The largest absolute Gasteiger partial charge is 0.497 e. The van der Waals surface area contributed by atoms with Gasteiger partial charge in [-0.3, -0.25) is 14.7 Å². The maximum absolute atomic E-state index is 13.4. The Labute approximate surface area is 177 Å². The molecule has 0 bridgehead atoms. The molecule has 0 spiro atoms. The molecule has 0 saturated carbocycles. The van der Waals surface area contributed by atoms with E-state index in [-0.39, 0.29) is 11.9 Å². The molecule has 0 N–H and O–H groups in total. The molecular weight excluding hydrogens is 374 g/mol. The molecule has 1 aliphatic rings. The molecule has 0 atom stereocenters. The van der Waals surface area contributed by atoms with E-state index in [1.165, 1.54) is 5.56 Å². The second-order valence-electron chi connectivity index (χ2n) is 7.61. The number of benzene rings is 2. The maximum Gasteiger partial charge on any atom is 0.258 e. The van der Waals surface area contributed by atoms with Crippen molar-refractivity contribution < 1.29 is 9.53 Å². The molecular formula is C25H27N3O2. The molecule has 2 heterocycles. The topological polar surface area (TPSA) is 45.7 Å². The van der Waals surface area contributed by atoms with Crippen molar-refractivity contribution in [1.82, 2.24) is 9.88 Å². The third kappa shape index (κ3) is 4.69. The lowest BCUT2D eigenvalue weighted by molar-refractivity contribution is 0.0958. The average Bonchev–Trinajstić information content (AvgIpc) is 2.82. The number of anilines is 1. The highest BCUT2D eigenvalue weighted by atomic mass is 16.5. The second kappa shape index (κ2) is 9.55. The molecule has 1 saturated heterocycles. The van der Waals surface area contributed by atoms with Crippen LogP contribution in [0.3, 0.4) is 0 Å². The van der Waals surface area contributed by atoms with E-state index in [1.807, 2.05) is 71.8 Å². The number of ether oxygens (including phenoxy) is 1. The van der Waals surface area contributed by atoms with Crippen LogP contribution in [0, 0.1) is 0 Å². The summed E-state index contributed by atoms with van der Waals surface area (Å²) in [7, 11) is 1.65. The van der Waals surface area contributed by atoms with Crippen molar-refractivity contribution in [3.63, 3.8) is 0 Å². The highest BCUT2D eigenvalue weighted by Crippen LogP contribution is 2.28. The summed E-state index contributed by atoms with van der Waals surface area (Å²) in [6.07, 6.45) is 5.60. The lowest BCUT2D eigenvalue weighted by Gasteiger charge is -2.38. The lowest BCUT2D eigenvalue weighted by Crippen LogP contribution is -2.47. The summed E-state index contributed by atoms with van der Waals surface area (Å²) >= 11 is 0. The fourth-order valence-corrected chi connectivity index (χ4v) is 4.04. The quantitative estimate of drug-likeness (QED) is 0.614. The van der Waals surface area contributed by atoms with Crippen LogP contribution in [0.2, 0.25) is 0 Å². The Morgan fingerprint density at radius 1 is 1.03 bits per heavy atom. The molecule has 5 heteroatoms. The molecule has 3 aromatic rings. The number of likely N-dealkylation sites (tertiary alicyclic amines) is 1. The molecule has 4 rings (SSSR count). The van der Waals surface area contributed by atoms with Gasteiger partial charge in [0.25, 0.3) is 5.91 Å². The molecule has 30 heavy (non-hydrogen) atoms. The summed E-state index contributed by atoms with van der Waals surface area (Å²) in [5.74, 6) is 0.837. The number of methoxy groups -OCH3 is 1. The minimum absolute atomic E-state index is 0.0477. The Hall–Kier alpha value is -3.18. The maximum atomic E-state index is 13.4.